The van der Waals surface area contributed by atoms with Crippen molar-refractivity contribution in [1.82, 2.24) is 0 Å². The van der Waals surface area contributed by atoms with Crippen LogP contribution in [0.4, 0.5) is 18.9 Å². The molecule has 0 bridgehead atoms. The Labute approximate surface area is 95.2 Å². The van der Waals surface area contributed by atoms with Gasteiger partial charge in [-0.05, 0) is 12.1 Å². The van der Waals surface area contributed by atoms with Crippen LogP contribution in [0.1, 0.15) is 6.42 Å². The lowest BCUT2D eigenvalue weighted by Crippen LogP contribution is -2.22. The molecule has 1 aliphatic heterocycles. The average Bonchev–Trinajstić information content (AvgIpc) is 2.36. The molecule has 6 heteroatoms. The largest absolute Gasteiger partial charge is 0.523 e. The predicted octanol–water partition coefficient (Wildman–Crippen LogP) is 3.46. The van der Waals surface area contributed by atoms with E-state index in [0.29, 0.717) is 13.0 Å². The quantitative estimate of drug-likeness (QED) is 0.823. The molecule has 16 heavy (non-hydrogen) atoms. The molecule has 2 rings (SSSR count). The number of benzene rings is 1. The van der Waals surface area contributed by atoms with E-state index in [1.807, 2.05) is 12.1 Å². The minimum atomic E-state index is -4.57. The number of fused-ring (bicyclic) bond motifs is 1. The standard InChI is InChI=1S/C10H10F3NOS/c11-10(12,13)15-9-5-6-14-7-3-1-2-4-8(7)16-9/h1-4,9,14H,5-6H2. The fourth-order valence-corrected chi connectivity index (χ4v) is 2.57. The first kappa shape index (κ1) is 11.6. The number of thioether (sulfide) groups is 1. The Morgan fingerprint density at radius 1 is 1.31 bits per heavy atom. The number of hydrogen-bond acceptors (Lipinski definition) is 3. The molecule has 0 radical (unpaired) electrons. The summed E-state index contributed by atoms with van der Waals surface area (Å²) in [5.74, 6) is 0. The van der Waals surface area contributed by atoms with Gasteiger partial charge in [0.05, 0.1) is 0 Å². The molecule has 1 N–H and O–H groups in total. The van der Waals surface area contributed by atoms with E-state index < -0.39 is 11.8 Å². The van der Waals surface area contributed by atoms with Gasteiger partial charge in [-0.2, -0.15) is 0 Å². The molecule has 1 aliphatic rings. The maximum absolute atomic E-state index is 12.1. The van der Waals surface area contributed by atoms with Crippen LogP contribution >= 0.6 is 11.8 Å². The average molecular weight is 249 g/mol. The molecule has 1 aromatic rings. The van der Waals surface area contributed by atoms with Crippen molar-refractivity contribution in [3.05, 3.63) is 24.3 Å². The minimum Gasteiger partial charge on any atom is -0.384 e. The number of alkyl halides is 3. The van der Waals surface area contributed by atoms with E-state index in [4.69, 9.17) is 0 Å². The molecule has 0 spiro atoms. The lowest BCUT2D eigenvalue weighted by Gasteiger charge is -2.16. The highest BCUT2D eigenvalue weighted by Gasteiger charge is 2.34. The highest BCUT2D eigenvalue weighted by atomic mass is 32.2. The van der Waals surface area contributed by atoms with Crippen molar-refractivity contribution >= 4 is 17.4 Å². The Kier molecular flexibility index (Phi) is 3.30. The molecule has 88 valence electrons. The van der Waals surface area contributed by atoms with Gasteiger partial charge in [0, 0.05) is 23.5 Å². The van der Waals surface area contributed by atoms with Gasteiger partial charge in [0.1, 0.15) is 5.44 Å². The second-order valence-electron chi connectivity index (χ2n) is 3.32. The van der Waals surface area contributed by atoms with Gasteiger partial charge in [0.15, 0.2) is 0 Å². The predicted molar refractivity (Wildman–Crippen MR) is 56.3 cm³/mol. The van der Waals surface area contributed by atoms with Crippen LogP contribution in [0.5, 0.6) is 0 Å². The third kappa shape index (κ3) is 3.05. The van der Waals surface area contributed by atoms with Crippen LogP contribution in [0.25, 0.3) is 0 Å². The van der Waals surface area contributed by atoms with E-state index in [-0.39, 0.29) is 0 Å². The highest BCUT2D eigenvalue weighted by Crippen LogP contribution is 2.37. The summed E-state index contributed by atoms with van der Waals surface area (Å²) in [6.45, 7) is 0.477. The van der Waals surface area contributed by atoms with Crippen LogP contribution in [0, 0.1) is 0 Å². The summed E-state index contributed by atoms with van der Waals surface area (Å²) in [5, 5.41) is 3.07. The molecule has 2 nitrogen and oxygen atoms in total. The molecular weight excluding hydrogens is 239 g/mol. The Morgan fingerprint density at radius 3 is 2.81 bits per heavy atom. The van der Waals surface area contributed by atoms with Crippen molar-refractivity contribution in [2.45, 2.75) is 23.1 Å². The second-order valence-corrected chi connectivity index (χ2v) is 4.52. The summed E-state index contributed by atoms with van der Waals surface area (Å²) in [6.07, 6.45) is -4.25. The third-order valence-electron chi connectivity index (χ3n) is 2.11. The van der Waals surface area contributed by atoms with E-state index in [0.717, 1.165) is 22.3 Å². The van der Waals surface area contributed by atoms with Gasteiger partial charge in [-0.3, -0.25) is 4.74 Å². The zero-order valence-corrected chi connectivity index (χ0v) is 9.07. The van der Waals surface area contributed by atoms with Crippen LogP contribution in [0.15, 0.2) is 29.2 Å². The first-order chi connectivity index (χ1) is 7.54. The van der Waals surface area contributed by atoms with Crippen molar-refractivity contribution in [1.29, 1.82) is 0 Å². The normalized spacial score (nSPS) is 20.8. The molecular formula is C10H10F3NOS. The van der Waals surface area contributed by atoms with Gasteiger partial charge in [0.25, 0.3) is 0 Å². The molecule has 1 unspecified atom stereocenters. The van der Waals surface area contributed by atoms with E-state index >= 15 is 0 Å². The van der Waals surface area contributed by atoms with Gasteiger partial charge in [-0.1, -0.05) is 23.9 Å². The van der Waals surface area contributed by atoms with E-state index in [1.165, 1.54) is 0 Å². The number of hydrogen-bond donors (Lipinski definition) is 1. The van der Waals surface area contributed by atoms with Crippen molar-refractivity contribution < 1.29 is 17.9 Å². The lowest BCUT2D eigenvalue weighted by atomic mass is 10.3. The van der Waals surface area contributed by atoms with E-state index in [2.05, 4.69) is 10.1 Å². The van der Waals surface area contributed by atoms with Gasteiger partial charge < -0.3 is 5.32 Å². The van der Waals surface area contributed by atoms with Crippen LogP contribution in [-0.4, -0.2) is 18.3 Å². The molecule has 1 heterocycles. The summed E-state index contributed by atoms with van der Waals surface area (Å²) in [6, 6.07) is 7.27. The van der Waals surface area contributed by atoms with E-state index in [9.17, 15) is 13.2 Å². The Morgan fingerprint density at radius 2 is 2.06 bits per heavy atom. The fraction of sp³-hybridized carbons (Fsp3) is 0.400. The van der Waals surface area contributed by atoms with Crippen molar-refractivity contribution in [2.24, 2.45) is 0 Å². The van der Waals surface area contributed by atoms with Crippen molar-refractivity contribution in [3.8, 4) is 0 Å². The zero-order chi connectivity index (χ0) is 11.6. The second kappa shape index (κ2) is 4.55. The lowest BCUT2D eigenvalue weighted by molar-refractivity contribution is -0.330. The number of halogens is 3. The maximum Gasteiger partial charge on any atom is 0.523 e. The minimum absolute atomic E-state index is 0.318. The molecule has 0 fully saturated rings. The maximum atomic E-state index is 12.1. The first-order valence-electron chi connectivity index (χ1n) is 4.79. The summed E-state index contributed by atoms with van der Waals surface area (Å²) in [7, 11) is 0. The topological polar surface area (TPSA) is 21.3 Å². The Hall–Kier alpha value is -0.880. The number of rotatable bonds is 1. The Bertz CT molecular complexity index is 369. The van der Waals surface area contributed by atoms with Crippen LogP contribution < -0.4 is 5.32 Å². The summed E-state index contributed by atoms with van der Waals surface area (Å²) in [5.41, 5.74) is -0.0167. The zero-order valence-electron chi connectivity index (χ0n) is 8.25. The smallest absolute Gasteiger partial charge is 0.384 e. The highest BCUT2D eigenvalue weighted by molar-refractivity contribution is 8.00. The number of nitrogens with one attached hydrogen (secondary N) is 1. The first-order valence-corrected chi connectivity index (χ1v) is 5.67. The number of anilines is 1. The van der Waals surface area contributed by atoms with Gasteiger partial charge in [0.2, 0.25) is 0 Å². The van der Waals surface area contributed by atoms with Crippen molar-refractivity contribution in [3.63, 3.8) is 0 Å². The molecule has 0 aliphatic carbocycles. The van der Waals surface area contributed by atoms with Crippen LogP contribution in [0.3, 0.4) is 0 Å². The Balaban J connectivity index is 2.11. The SMILES string of the molecule is FC(F)(F)OC1CCNc2ccccc2S1. The summed E-state index contributed by atoms with van der Waals surface area (Å²) < 4.78 is 40.3. The van der Waals surface area contributed by atoms with Crippen LogP contribution in [-0.2, 0) is 4.74 Å². The fourth-order valence-electron chi connectivity index (χ4n) is 1.47. The third-order valence-corrected chi connectivity index (χ3v) is 3.31. The number of para-hydroxylation sites is 1. The van der Waals surface area contributed by atoms with Crippen LogP contribution in [0.2, 0.25) is 0 Å². The summed E-state index contributed by atoms with van der Waals surface area (Å²) >= 11 is 1.10. The molecule has 0 saturated heterocycles. The molecule has 1 atom stereocenters. The monoisotopic (exact) mass is 249 g/mol. The van der Waals surface area contributed by atoms with Gasteiger partial charge in [-0.15, -0.1) is 13.2 Å². The molecule has 0 saturated carbocycles. The molecule has 1 aromatic carbocycles. The van der Waals surface area contributed by atoms with Crippen molar-refractivity contribution in [2.75, 3.05) is 11.9 Å². The molecule has 0 aromatic heterocycles. The summed E-state index contributed by atoms with van der Waals surface area (Å²) in [4.78, 5) is 0.786. The number of ether oxygens (including phenoxy) is 1. The van der Waals surface area contributed by atoms with Gasteiger partial charge >= 0.3 is 6.36 Å². The van der Waals surface area contributed by atoms with Gasteiger partial charge in [-0.25, -0.2) is 0 Å². The van der Waals surface area contributed by atoms with E-state index in [1.54, 1.807) is 12.1 Å². The molecule has 0 amide bonds.